The van der Waals surface area contributed by atoms with Gasteiger partial charge in [-0.3, -0.25) is 9.59 Å². The Morgan fingerprint density at radius 1 is 1.00 bits per heavy atom. The summed E-state index contributed by atoms with van der Waals surface area (Å²) in [6, 6.07) is 9.69. The largest absolute Gasteiger partial charge is 0.497 e. The lowest BCUT2D eigenvalue weighted by molar-refractivity contribution is -0.123. The van der Waals surface area contributed by atoms with E-state index in [1.165, 1.54) is 20.3 Å². The molecule has 0 heterocycles. The lowest BCUT2D eigenvalue weighted by Gasteiger charge is -2.11. The molecule has 0 aliphatic heterocycles. The second-order valence-electron chi connectivity index (χ2n) is 6.04. The Morgan fingerprint density at radius 2 is 1.77 bits per heavy atom. The summed E-state index contributed by atoms with van der Waals surface area (Å²) >= 11 is 11.8. The molecule has 2 amide bonds. The van der Waals surface area contributed by atoms with Gasteiger partial charge in [-0.2, -0.15) is 5.10 Å². The van der Waals surface area contributed by atoms with E-state index in [9.17, 15) is 9.59 Å². The van der Waals surface area contributed by atoms with Crippen molar-refractivity contribution in [3.05, 3.63) is 46.4 Å². The Balaban J connectivity index is 1.84. The number of halogens is 2. The van der Waals surface area contributed by atoms with Crippen LogP contribution >= 0.6 is 23.2 Å². The second kappa shape index (κ2) is 11.3. The van der Waals surface area contributed by atoms with Gasteiger partial charge in [0.2, 0.25) is 5.91 Å². The summed E-state index contributed by atoms with van der Waals surface area (Å²) in [5.74, 6) is 0.566. The topological polar surface area (TPSA) is 98.2 Å². The number of rotatable bonds is 9. The van der Waals surface area contributed by atoms with Gasteiger partial charge in [0.05, 0.1) is 31.4 Å². The van der Waals surface area contributed by atoms with E-state index >= 15 is 0 Å². The van der Waals surface area contributed by atoms with E-state index in [1.807, 2.05) is 0 Å². The summed E-state index contributed by atoms with van der Waals surface area (Å²) in [4.78, 5) is 24.1. The van der Waals surface area contributed by atoms with E-state index < -0.39 is 5.91 Å². The van der Waals surface area contributed by atoms with Crippen molar-refractivity contribution in [3.8, 4) is 17.2 Å². The quantitative estimate of drug-likeness (QED) is 0.442. The lowest BCUT2D eigenvalue weighted by Crippen LogP contribution is -2.26. The highest BCUT2D eigenvalue weighted by Gasteiger charge is 2.11. The molecule has 0 fully saturated rings. The maximum atomic E-state index is 12.2. The van der Waals surface area contributed by atoms with Crippen molar-refractivity contribution in [3.63, 3.8) is 0 Å². The van der Waals surface area contributed by atoms with E-state index in [0.717, 1.165) is 0 Å². The first-order valence-electron chi connectivity index (χ1n) is 8.74. The van der Waals surface area contributed by atoms with E-state index in [1.54, 1.807) is 37.3 Å². The highest BCUT2D eigenvalue weighted by molar-refractivity contribution is 6.35. The van der Waals surface area contributed by atoms with E-state index in [2.05, 4.69) is 15.8 Å². The average molecular weight is 454 g/mol. The number of hydrazone groups is 1. The van der Waals surface area contributed by atoms with Crippen molar-refractivity contribution < 1.29 is 23.8 Å². The van der Waals surface area contributed by atoms with E-state index in [4.69, 9.17) is 37.4 Å². The average Bonchev–Trinajstić information content (AvgIpc) is 2.71. The summed E-state index contributed by atoms with van der Waals surface area (Å²) in [7, 11) is 3.03. The predicted octanol–water partition coefficient (Wildman–Crippen LogP) is 3.91. The van der Waals surface area contributed by atoms with Crippen LogP contribution < -0.4 is 25.0 Å². The van der Waals surface area contributed by atoms with Crippen molar-refractivity contribution in [2.24, 2.45) is 5.10 Å². The van der Waals surface area contributed by atoms with Gasteiger partial charge in [0.1, 0.15) is 17.2 Å². The normalized spacial score (nSPS) is 10.9. The lowest BCUT2D eigenvalue weighted by atomic mass is 10.2. The number of benzene rings is 2. The smallest absolute Gasteiger partial charge is 0.277 e. The van der Waals surface area contributed by atoms with E-state index in [0.29, 0.717) is 38.7 Å². The summed E-state index contributed by atoms with van der Waals surface area (Å²) in [5.41, 5.74) is 3.22. The summed E-state index contributed by atoms with van der Waals surface area (Å²) in [6.07, 6.45) is -0.0284. The van der Waals surface area contributed by atoms with Crippen LogP contribution in [0.4, 0.5) is 5.69 Å². The minimum atomic E-state index is -0.502. The predicted molar refractivity (Wildman–Crippen MR) is 116 cm³/mol. The third-order valence-corrected chi connectivity index (χ3v) is 4.25. The Bertz CT molecular complexity index is 950. The number of anilines is 1. The van der Waals surface area contributed by atoms with Gasteiger partial charge in [0.15, 0.2) is 6.61 Å². The van der Waals surface area contributed by atoms with E-state index in [-0.39, 0.29) is 18.9 Å². The van der Waals surface area contributed by atoms with Crippen molar-refractivity contribution in [2.45, 2.75) is 13.3 Å². The summed E-state index contributed by atoms with van der Waals surface area (Å²) in [5, 5.41) is 7.37. The molecule has 0 aliphatic rings. The molecule has 160 valence electrons. The molecular weight excluding hydrogens is 433 g/mol. The monoisotopic (exact) mass is 453 g/mol. The molecule has 0 radical (unpaired) electrons. The van der Waals surface area contributed by atoms with Crippen LogP contribution in [0.15, 0.2) is 41.5 Å². The van der Waals surface area contributed by atoms with Crippen molar-refractivity contribution in [1.82, 2.24) is 5.43 Å². The molecule has 0 saturated carbocycles. The van der Waals surface area contributed by atoms with Gasteiger partial charge >= 0.3 is 0 Å². The number of methoxy groups -OCH3 is 2. The van der Waals surface area contributed by atoms with Crippen LogP contribution in [0.2, 0.25) is 10.0 Å². The number of hydrogen-bond donors (Lipinski definition) is 2. The standard InChI is InChI=1S/C20H21Cl2N3O5/c1-12(8-19(26)23-16-6-5-14(28-2)10-18(16)29-3)24-25-20(27)11-30-17-7-4-13(21)9-15(17)22/h4-7,9-10H,8,11H2,1-3H3,(H,23,26)(H,25,27)/b24-12-. The first kappa shape index (κ1) is 23.3. The minimum absolute atomic E-state index is 0.0284. The van der Waals surface area contributed by atoms with Gasteiger partial charge in [0, 0.05) is 16.8 Å². The molecule has 0 saturated heterocycles. The maximum Gasteiger partial charge on any atom is 0.277 e. The highest BCUT2D eigenvalue weighted by atomic mass is 35.5. The zero-order valence-electron chi connectivity index (χ0n) is 16.6. The number of amides is 2. The van der Waals surface area contributed by atoms with Crippen LogP contribution in [0.1, 0.15) is 13.3 Å². The molecule has 8 nitrogen and oxygen atoms in total. The summed E-state index contributed by atoms with van der Waals surface area (Å²) in [6.45, 7) is 1.31. The maximum absolute atomic E-state index is 12.2. The number of ether oxygens (including phenoxy) is 3. The zero-order chi connectivity index (χ0) is 22.1. The fourth-order valence-electron chi connectivity index (χ4n) is 2.29. The Kier molecular flexibility index (Phi) is 8.76. The molecule has 0 spiro atoms. The molecular formula is C20H21Cl2N3O5. The SMILES string of the molecule is COc1ccc(NC(=O)C/C(C)=N\NC(=O)COc2ccc(Cl)cc2Cl)c(OC)c1. The first-order valence-corrected chi connectivity index (χ1v) is 9.49. The fraction of sp³-hybridized carbons (Fsp3) is 0.250. The Labute approximate surface area is 184 Å². The van der Waals surface area contributed by atoms with Crippen LogP contribution in [0, 0.1) is 0 Å². The number of nitrogens with zero attached hydrogens (tertiary/aromatic N) is 1. The number of carbonyl (C=O) groups excluding carboxylic acids is 2. The van der Waals surface area contributed by atoms with Crippen LogP contribution in [-0.4, -0.2) is 38.4 Å². The van der Waals surface area contributed by atoms with Gasteiger partial charge in [-0.25, -0.2) is 5.43 Å². The molecule has 0 atom stereocenters. The zero-order valence-corrected chi connectivity index (χ0v) is 18.1. The third kappa shape index (κ3) is 7.13. The van der Waals surface area contributed by atoms with Gasteiger partial charge in [-0.15, -0.1) is 0 Å². The van der Waals surface area contributed by atoms with Gasteiger partial charge < -0.3 is 19.5 Å². The number of hydrogen-bond acceptors (Lipinski definition) is 6. The van der Waals surface area contributed by atoms with Crippen LogP contribution in [0.3, 0.4) is 0 Å². The molecule has 2 rings (SSSR count). The van der Waals surface area contributed by atoms with Gasteiger partial charge in [0.25, 0.3) is 5.91 Å². The molecule has 30 heavy (non-hydrogen) atoms. The number of carbonyl (C=O) groups is 2. The molecule has 2 aromatic carbocycles. The molecule has 2 aromatic rings. The molecule has 0 unspecified atom stereocenters. The minimum Gasteiger partial charge on any atom is -0.497 e. The first-order chi connectivity index (χ1) is 14.3. The van der Waals surface area contributed by atoms with Crippen LogP contribution in [0.25, 0.3) is 0 Å². The number of nitrogens with one attached hydrogen (secondary N) is 2. The van der Waals surface area contributed by atoms with Gasteiger partial charge in [-0.05, 0) is 37.3 Å². The molecule has 0 bridgehead atoms. The second-order valence-corrected chi connectivity index (χ2v) is 6.88. The summed E-state index contributed by atoms with van der Waals surface area (Å²) < 4.78 is 15.7. The molecule has 10 heteroatoms. The van der Waals surface area contributed by atoms with Crippen LogP contribution in [-0.2, 0) is 9.59 Å². The fourth-order valence-corrected chi connectivity index (χ4v) is 2.76. The Morgan fingerprint density at radius 3 is 2.43 bits per heavy atom. The highest BCUT2D eigenvalue weighted by Crippen LogP contribution is 2.29. The Hall–Kier alpha value is -2.97. The van der Waals surface area contributed by atoms with Crippen molar-refractivity contribution >= 4 is 46.4 Å². The molecule has 0 aromatic heterocycles. The third-order valence-electron chi connectivity index (χ3n) is 3.72. The van der Waals surface area contributed by atoms with Crippen LogP contribution in [0.5, 0.6) is 17.2 Å². The molecule has 2 N–H and O–H groups in total. The molecule has 0 aliphatic carbocycles. The van der Waals surface area contributed by atoms with Crippen molar-refractivity contribution in [2.75, 3.05) is 26.1 Å². The van der Waals surface area contributed by atoms with Crippen molar-refractivity contribution in [1.29, 1.82) is 0 Å². The van der Waals surface area contributed by atoms with Gasteiger partial charge in [-0.1, -0.05) is 23.2 Å².